The number of guanidine groups is 1. The molecule has 0 aliphatic heterocycles. The van der Waals surface area contributed by atoms with Gasteiger partial charge in [-0.15, -0.1) is 0 Å². The highest BCUT2D eigenvalue weighted by atomic mass is 35.5. The number of aromatic amines is 1. The molecular weight excluding hydrogens is 531 g/mol. The largest absolute Gasteiger partial charge is 0.370 e. The summed E-state index contributed by atoms with van der Waals surface area (Å²) in [4.78, 5) is 24.3. The third kappa shape index (κ3) is 7.07. The van der Waals surface area contributed by atoms with Crippen LogP contribution in [0.2, 0.25) is 5.02 Å². The number of rotatable bonds is 12. The number of fused-ring (bicyclic) bond motifs is 1. The van der Waals surface area contributed by atoms with Crippen LogP contribution in [0, 0.1) is 5.82 Å². The second-order valence-electron chi connectivity index (χ2n) is 10.0. The molecule has 0 aliphatic carbocycles. The predicted molar refractivity (Wildman–Crippen MR) is 160 cm³/mol. The first kappa shape index (κ1) is 29.3. The number of hydrogen-bond acceptors (Lipinski definition) is 5. The summed E-state index contributed by atoms with van der Waals surface area (Å²) in [6.45, 7) is 5.50. The molecule has 0 unspecified atom stereocenters. The minimum Gasteiger partial charge on any atom is -0.370 e. The molecule has 2 aromatic carbocycles. The monoisotopic (exact) mass is 566 g/mol. The van der Waals surface area contributed by atoms with Gasteiger partial charge in [0, 0.05) is 23.2 Å². The lowest BCUT2D eigenvalue weighted by atomic mass is 10.0. The van der Waals surface area contributed by atoms with Crippen molar-refractivity contribution in [3.8, 4) is 16.9 Å². The highest BCUT2D eigenvalue weighted by Gasteiger charge is 2.16. The van der Waals surface area contributed by atoms with E-state index in [1.807, 2.05) is 31.2 Å². The molecule has 0 fully saturated rings. The van der Waals surface area contributed by atoms with Gasteiger partial charge in [-0.2, -0.15) is 4.98 Å². The molecular formula is C29H36ClFN8O. The Morgan fingerprint density at radius 1 is 1.18 bits per heavy atom. The van der Waals surface area contributed by atoms with Crippen LogP contribution < -0.4 is 28.2 Å². The molecule has 0 radical (unpaired) electrons. The standard InChI is InChI=1S/C29H36ClFN8O/c1-17(36-28(33)34)5-3-6-19-13-23(26(31)24(30)14-19)25-15-21-16-39(29(40)38-27(21)37-25)22-9-7-20(8-10-22)18(2)35-12-4-11-32/h7-10,13-18,35H,3-6,11-12,32H2,1-2H3,(H4,33,34,36)(H,37,38,40)/t17-,18-/m0/s1. The van der Waals surface area contributed by atoms with Gasteiger partial charge in [-0.1, -0.05) is 23.7 Å². The van der Waals surface area contributed by atoms with Crippen molar-refractivity contribution >= 4 is 28.6 Å². The Balaban J connectivity index is 1.57. The first-order valence-electron chi connectivity index (χ1n) is 13.4. The lowest BCUT2D eigenvalue weighted by Gasteiger charge is -2.14. The summed E-state index contributed by atoms with van der Waals surface area (Å²) >= 11 is 6.26. The average Bonchev–Trinajstić information content (AvgIpc) is 3.32. The molecule has 0 saturated heterocycles. The molecule has 212 valence electrons. The summed E-state index contributed by atoms with van der Waals surface area (Å²) in [6, 6.07) is 13.1. The van der Waals surface area contributed by atoms with Gasteiger partial charge in [-0.05, 0) is 94.1 Å². The van der Waals surface area contributed by atoms with Crippen LogP contribution in [0.15, 0.2) is 58.4 Å². The Kier molecular flexibility index (Phi) is 9.57. The van der Waals surface area contributed by atoms with Crippen molar-refractivity contribution in [2.24, 2.45) is 22.2 Å². The van der Waals surface area contributed by atoms with Crippen molar-refractivity contribution in [2.75, 3.05) is 13.1 Å². The van der Waals surface area contributed by atoms with E-state index in [9.17, 15) is 4.79 Å². The molecule has 40 heavy (non-hydrogen) atoms. The van der Waals surface area contributed by atoms with Crippen molar-refractivity contribution in [3.63, 3.8) is 0 Å². The molecule has 2 aromatic heterocycles. The molecule has 0 saturated carbocycles. The predicted octanol–water partition coefficient (Wildman–Crippen LogP) is 4.16. The molecule has 4 rings (SSSR count). The van der Waals surface area contributed by atoms with E-state index in [4.69, 9.17) is 28.8 Å². The van der Waals surface area contributed by atoms with Gasteiger partial charge in [0.2, 0.25) is 0 Å². The maximum absolute atomic E-state index is 15.1. The smallest absolute Gasteiger partial charge is 0.354 e. The van der Waals surface area contributed by atoms with Crippen molar-refractivity contribution < 1.29 is 4.39 Å². The zero-order valence-electron chi connectivity index (χ0n) is 22.8. The fourth-order valence-electron chi connectivity index (χ4n) is 4.69. The van der Waals surface area contributed by atoms with E-state index in [2.05, 4.69) is 27.2 Å². The van der Waals surface area contributed by atoms with E-state index in [0.29, 0.717) is 40.9 Å². The topological polar surface area (TPSA) is 153 Å². The summed E-state index contributed by atoms with van der Waals surface area (Å²) in [5.74, 6) is -0.474. The molecule has 0 amide bonds. The molecule has 8 N–H and O–H groups in total. The minimum absolute atomic E-state index is 0.00856. The zero-order chi connectivity index (χ0) is 28.8. The molecule has 2 heterocycles. The third-order valence-corrected chi connectivity index (χ3v) is 7.12. The number of nitrogens with zero attached hydrogens (tertiary/aromatic N) is 3. The van der Waals surface area contributed by atoms with Crippen LogP contribution in [0.3, 0.4) is 0 Å². The Hall–Kier alpha value is -3.73. The molecule has 11 heteroatoms. The van der Waals surface area contributed by atoms with Gasteiger partial charge in [-0.3, -0.25) is 9.56 Å². The number of aryl methyl sites for hydroxylation is 1. The Labute approximate surface area is 237 Å². The highest BCUT2D eigenvalue weighted by Crippen LogP contribution is 2.31. The lowest BCUT2D eigenvalue weighted by molar-refractivity contribution is 0.562. The number of benzene rings is 2. The van der Waals surface area contributed by atoms with E-state index >= 15 is 4.39 Å². The minimum atomic E-state index is -0.536. The maximum Gasteiger partial charge on any atom is 0.354 e. The average molecular weight is 567 g/mol. The second-order valence-corrected chi connectivity index (χ2v) is 10.4. The quantitative estimate of drug-likeness (QED) is 0.0986. The van der Waals surface area contributed by atoms with Crippen molar-refractivity contribution in [1.82, 2.24) is 19.9 Å². The molecule has 2 atom stereocenters. The van der Waals surface area contributed by atoms with Crippen LogP contribution in [0.4, 0.5) is 4.39 Å². The second kappa shape index (κ2) is 13.1. The fourth-order valence-corrected chi connectivity index (χ4v) is 4.93. The van der Waals surface area contributed by atoms with Gasteiger partial charge in [0.05, 0.1) is 22.4 Å². The van der Waals surface area contributed by atoms with Crippen LogP contribution in [0.1, 0.15) is 50.3 Å². The van der Waals surface area contributed by atoms with Crippen molar-refractivity contribution in [3.05, 3.63) is 81.1 Å². The number of aliphatic imine (C=N–C) groups is 1. The number of aromatic nitrogens is 3. The van der Waals surface area contributed by atoms with E-state index in [1.54, 1.807) is 24.4 Å². The number of H-pyrrole nitrogens is 1. The van der Waals surface area contributed by atoms with E-state index < -0.39 is 11.5 Å². The van der Waals surface area contributed by atoms with E-state index in [0.717, 1.165) is 36.9 Å². The number of hydrogen-bond donors (Lipinski definition) is 5. The van der Waals surface area contributed by atoms with Crippen LogP contribution in [-0.4, -0.2) is 39.6 Å². The van der Waals surface area contributed by atoms with Gasteiger partial charge >= 0.3 is 5.69 Å². The van der Waals surface area contributed by atoms with Crippen LogP contribution in [0.5, 0.6) is 0 Å². The van der Waals surface area contributed by atoms with E-state index in [-0.39, 0.29) is 23.1 Å². The van der Waals surface area contributed by atoms with E-state index in [1.165, 1.54) is 4.57 Å². The summed E-state index contributed by atoms with van der Waals surface area (Å²) in [6.07, 6.45) is 4.86. The van der Waals surface area contributed by atoms with Crippen molar-refractivity contribution in [1.29, 1.82) is 0 Å². The summed E-state index contributed by atoms with van der Waals surface area (Å²) < 4.78 is 16.6. The lowest BCUT2D eigenvalue weighted by Crippen LogP contribution is -2.24. The van der Waals surface area contributed by atoms with Gasteiger partial charge in [0.1, 0.15) is 5.65 Å². The number of nitrogens with two attached hydrogens (primary N) is 3. The van der Waals surface area contributed by atoms with Crippen LogP contribution in [0.25, 0.3) is 28.0 Å². The normalized spacial score (nSPS) is 12.9. The number of nitrogens with one attached hydrogen (secondary N) is 2. The molecule has 9 nitrogen and oxygen atoms in total. The van der Waals surface area contributed by atoms with Gasteiger partial charge < -0.3 is 27.5 Å². The van der Waals surface area contributed by atoms with Crippen molar-refractivity contribution in [2.45, 2.75) is 51.6 Å². The zero-order valence-corrected chi connectivity index (χ0v) is 23.5. The Morgan fingerprint density at radius 2 is 1.93 bits per heavy atom. The number of halogens is 2. The molecule has 0 aliphatic rings. The first-order valence-corrected chi connectivity index (χ1v) is 13.8. The first-order chi connectivity index (χ1) is 19.2. The molecule has 0 spiro atoms. The van der Waals surface area contributed by atoms with Crippen LogP contribution in [-0.2, 0) is 6.42 Å². The molecule has 0 bridgehead atoms. The van der Waals surface area contributed by atoms with Crippen LogP contribution >= 0.6 is 11.6 Å². The third-order valence-electron chi connectivity index (χ3n) is 6.85. The SMILES string of the molecule is C[C@H](NCCCN)c1ccc(-n2cc3cc(-c4cc(CCC[C@H](C)N=C(N)N)cc(Cl)c4F)[nH]c3nc2=O)cc1. The molecule has 4 aromatic rings. The summed E-state index contributed by atoms with van der Waals surface area (Å²) in [5.41, 5.74) is 19.9. The van der Waals surface area contributed by atoms with Gasteiger partial charge in [0.25, 0.3) is 0 Å². The Bertz CT molecular complexity index is 1540. The summed E-state index contributed by atoms with van der Waals surface area (Å²) in [5, 5.41) is 4.13. The maximum atomic E-state index is 15.1. The van der Waals surface area contributed by atoms with Gasteiger partial charge in [0.15, 0.2) is 11.8 Å². The Morgan fingerprint density at radius 3 is 2.62 bits per heavy atom. The fraction of sp³-hybridized carbons (Fsp3) is 0.345. The highest BCUT2D eigenvalue weighted by molar-refractivity contribution is 6.31. The van der Waals surface area contributed by atoms with Gasteiger partial charge in [-0.25, -0.2) is 9.18 Å². The summed E-state index contributed by atoms with van der Waals surface area (Å²) in [7, 11) is 0.